The fraction of sp³-hybridized carbons (Fsp3) is 0.188. The maximum Gasteiger partial charge on any atom is 0.147 e. The monoisotopic (exact) mass is 288 g/mol. The summed E-state index contributed by atoms with van der Waals surface area (Å²) in [5.41, 5.74) is 6.60. The normalized spacial score (nSPS) is 11.8. The van der Waals surface area contributed by atoms with Crippen LogP contribution in [0.4, 0.5) is 8.78 Å². The average Bonchev–Trinajstić information content (AvgIpc) is 2.46. The van der Waals surface area contributed by atoms with Crippen LogP contribution >= 0.6 is 0 Å². The summed E-state index contributed by atoms with van der Waals surface area (Å²) >= 11 is 0. The van der Waals surface area contributed by atoms with Crippen LogP contribution in [0, 0.1) is 23.0 Å². The van der Waals surface area contributed by atoms with E-state index in [1.165, 1.54) is 30.3 Å². The van der Waals surface area contributed by atoms with Gasteiger partial charge in [0.1, 0.15) is 30.1 Å². The first kappa shape index (κ1) is 14.9. The van der Waals surface area contributed by atoms with Gasteiger partial charge in [-0.15, -0.1) is 0 Å². The van der Waals surface area contributed by atoms with Crippen LogP contribution in [-0.2, 0) is 6.61 Å². The van der Waals surface area contributed by atoms with Crippen molar-refractivity contribution in [3.8, 4) is 11.8 Å². The first-order valence-corrected chi connectivity index (χ1v) is 6.38. The number of ether oxygens (including phenoxy) is 1. The highest BCUT2D eigenvalue weighted by molar-refractivity contribution is 5.38. The average molecular weight is 288 g/mol. The zero-order chi connectivity index (χ0) is 15.4. The third kappa shape index (κ3) is 3.36. The Kier molecular flexibility index (Phi) is 4.51. The number of hydrogen-bond donors (Lipinski definition) is 1. The second kappa shape index (κ2) is 6.33. The standard InChI is InChI=1S/C16H14F2N2O/c1-10(20)14-6-5-13(17)7-15(14)21-9-12-4-2-3-11(8-19)16(12)18/h2-7,10H,9,20H2,1H3/t10-/m1/s1. The minimum Gasteiger partial charge on any atom is -0.488 e. The van der Waals surface area contributed by atoms with Gasteiger partial charge in [-0.25, -0.2) is 8.78 Å². The van der Waals surface area contributed by atoms with Crippen LogP contribution in [-0.4, -0.2) is 0 Å². The zero-order valence-electron chi connectivity index (χ0n) is 11.4. The minimum atomic E-state index is -0.626. The number of nitrogens with two attached hydrogens (primary N) is 1. The van der Waals surface area contributed by atoms with E-state index in [1.54, 1.807) is 19.1 Å². The van der Waals surface area contributed by atoms with Crippen LogP contribution in [0.15, 0.2) is 36.4 Å². The van der Waals surface area contributed by atoms with E-state index in [4.69, 9.17) is 15.7 Å². The maximum atomic E-state index is 13.9. The fourth-order valence-electron chi connectivity index (χ4n) is 1.94. The highest BCUT2D eigenvalue weighted by Crippen LogP contribution is 2.26. The molecule has 2 N–H and O–H groups in total. The lowest BCUT2D eigenvalue weighted by molar-refractivity contribution is 0.293. The number of halogens is 2. The molecular formula is C16H14F2N2O. The molecule has 0 heterocycles. The Morgan fingerprint density at radius 3 is 2.71 bits per heavy atom. The van der Waals surface area contributed by atoms with Crippen molar-refractivity contribution < 1.29 is 13.5 Å². The summed E-state index contributed by atoms with van der Waals surface area (Å²) in [6.45, 7) is 1.64. The van der Waals surface area contributed by atoms with Gasteiger partial charge in [0.25, 0.3) is 0 Å². The van der Waals surface area contributed by atoms with Crippen LogP contribution in [0.5, 0.6) is 5.75 Å². The van der Waals surface area contributed by atoms with Gasteiger partial charge < -0.3 is 10.5 Å². The Balaban J connectivity index is 2.25. The summed E-state index contributed by atoms with van der Waals surface area (Å²) in [5.74, 6) is -0.814. The van der Waals surface area contributed by atoms with E-state index in [0.717, 1.165) is 0 Å². The van der Waals surface area contributed by atoms with Crippen molar-refractivity contribution >= 4 is 0 Å². The number of nitriles is 1. The molecule has 1 atom stereocenters. The van der Waals surface area contributed by atoms with Crippen LogP contribution in [0.1, 0.15) is 29.7 Å². The Bertz CT molecular complexity index is 693. The van der Waals surface area contributed by atoms with Gasteiger partial charge in [0.05, 0.1) is 5.56 Å². The van der Waals surface area contributed by atoms with Gasteiger partial charge in [-0.2, -0.15) is 5.26 Å². The summed E-state index contributed by atoms with van der Waals surface area (Å²) in [6.07, 6.45) is 0. The molecule has 0 saturated heterocycles. The third-order valence-corrected chi connectivity index (χ3v) is 3.05. The predicted octanol–water partition coefficient (Wildman–Crippen LogP) is 3.44. The molecule has 0 aliphatic carbocycles. The lowest BCUT2D eigenvalue weighted by Gasteiger charge is -2.14. The Hall–Kier alpha value is -2.45. The lowest BCUT2D eigenvalue weighted by atomic mass is 10.1. The first-order valence-electron chi connectivity index (χ1n) is 6.38. The largest absolute Gasteiger partial charge is 0.488 e. The van der Waals surface area contributed by atoms with Crippen LogP contribution in [0.3, 0.4) is 0 Å². The van der Waals surface area contributed by atoms with Crippen LogP contribution in [0.2, 0.25) is 0 Å². The molecule has 0 radical (unpaired) electrons. The van der Waals surface area contributed by atoms with Crippen molar-refractivity contribution in [3.63, 3.8) is 0 Å². The Labute approximate surface area is 121 Å². The highest BCUT2D eigenvalue weighted by Gasteiger charge is 2.12. The predicted molar refractivity (Wildman–Crippen MR) is 74.4 cm³/mol. The van der Waals surface area contributed by atoms with Gasteiger partial charge in [0, 0.05) is 23.2 Å². The molecule has 5 heteroatoms. The summed E-state index contributed by atoms with van der Waals surface area (Å²) in [6, 6.07) is 9.94. The molecule has 21 heavy (non-hydrogen) atoms. The SMILES string of the molecule is C[C@@H](N)c1ccc(F)cc1OCc1cccc(C#N)c1F. The van der Waals surface area contributed by atoms with Gasteiger partial charge in [0.2, 0.25) is 0 Å². The number of nitrogens with zero attached hydrogens (tertiary/aromatic N) is 1. The first-order chi connectivity index (χ1) is 10.0. The van der Waals surface area contributed by atoms with Crippen molar-refractivity contribution in [2.45, 2.75) is 19.6 Å². The smallest absolute Gasteiger partial charge is 0.147 e. The molecule has 2 aromatic rings. The van der Waals surface area contributed by atoms with Crippen LogP contribution in [0.25, 0.3) is 0 Å². The molecule has 0 aromatic heterocycles. The molecule has 0 spiro atoms. The van der Waals surface area contributed by atoms with Crippen molar-refractivity contribution in [2.75, 3.05) is 0 Å². The molecule has 0 amide bonds. The summed E-state index contributed by atoms with van der Waals surface area (Å²) < 4.78 is 32.7. The van der Waals surface area contributed by atoms with E-state index < -0.39 is 11.6 Å². The molecule has 0 aliphatic heterocycles. The zero-order valence-corrected chi connectivity index (χ0v) is 11.4. The molecule has 3 nitrogen and oxygen atoms in total. The fourth-order valence-corrected chi connectivity index (χ4v) is 1.94. The number of benzene rings is 2. The molecule has 2 rings (SSSR count). The molecular weight excluding hydrogens is 274 g/mol. The molecule has 108 valence electrons. The van der Waals surface area contributed by atoms with Gasteiger partial charge in [-0.1, -0.05) is 18.2 Å². The molecule has 0 saturated carbocycles. The second-order valence-electron chi connectivity index (χ2n) is 4.65. The quantitative estimate of drug-likeness (QED) is 0.937. The van der Waals surface area contributed by atoms with Crippen molar-refractivity contribution in [1.82, 2.24) is 0 Å². The third-order valence-electron chi connectivity index (χ3n) is 3.05. The topological polar surface area (TPSA) is 59.0 Å². The van der Waals surface area contributed by atoms with E-state index in [2.05, 4.69) is 0 Å². The number of hydrogen-bond acceptors (Lipinski definition) is 3. The van der Waals surface area contributed by atoms with Crippen molar-refractivity contribution in [3.05, 3.63) is 64.7 Å². The number of rotatable bonds is 4. The van der Waals surface area contributed by atoms with E-state index in [-0.39, 0.29) is 29.5 Å². The van der Waals surface area contributed by atoms with E-state index in [0.29, 0.717) is 5.56 Å². The molecule has 0 bridgehead atoms. The molecule has 0 aliphatic rings. The minimum absolute atomic E-state index is 0.0530. The second-order valence-corrected chi connectivity index (χ2v) is 4.65. The molecule has 0 fully saturated rings. The van der Waals surface area contributed by atoms with E-state index in [1.807, 2.05) is 0 Å². The van der Waals surface area contributed by atoms with Gasteiger partial charge in [-0.3, -0.25) is 0 Å². The Morgan fingerprint density at radius 2 is 2.05 bits per heavy atom. The van der Waals surface area contributed by atoms with E-state index >= 15 is 0 Å². The van der Waals surface area contributed by atoms with Gasteiger partial charge >= 0.3 is 0 Å². The van der Waals surface area contributed by atoms with Crippen molar-refractivity contribution in [1.29, 1.82) is 5.26 Å². The van der Waals surface area contributed by atoms with Crippen LogP contribution < -0.4 is 10.5 Å². The maximum absolute atomic E-state index is 13.9. The van der Waals surface area contributed by atoms with Gasteiger partial charge in [0.15, 0.2) is 0 Å². The molecule has 0 unspecified atom stereocenters. The summed E-state index contributed by atoms with van der Waals surface area (Å²) in [5, 5.41) is 8.78. The van der Waals surface area contributed by atoms with E-state index in [9.17, 15) is 8.78 Å². The molecule has 2 aromatic carbocycles. The Morgan fingerprint density at radius 1 is 1.29 bits per heavy atom. The van der Waals surface area contributed by atoms with Crippen molar-refractivity contribution in [2.24, 2.45) is 5.73 Å². The summed E-state index contributed by atoms with van der Waals surface area (Å²) in [7, 11) is 0. The summed E-state index contributed by atoms with van der Waals surface area (Å²) in [4.78, 5) is 0. The lowest BCUT2D eigenvalue weighted by Crippen LogP contribution is -2.09. The van der Waals surface area contributed by atoms with Gasteiger partial charge in [-0.05, 0) is 19.1 Å². The highest BCUT2D eigenvalue weighted by atomic mass is 19.1.